The number of carbonyl (C=O) groups is 1. The molecule has 2 aromatic heterocycles. The summed E-state index contributed by atoms with van der Waals surface area (Å²) in [6.07, 6.45) is 4.07. The van der Waals surface area contributed by atoms with Crippen molar-refractivity contribution in [1.82, 2.24) is 10.2 Å². The molecule has 6 nitrogen and oxygen atoms in total. The molecule has 0 spiro atoms. The number of rotatable bonds is 5. The number of nitrogens with zero attached hydrogens (tertiary/aromatic N) is 3. The summed E-state index contributed by atoms with van der Waals surface area (Å²) in [7, 11) is 0. The fourth-order valence-corrected chi connectivity index (χ4v) is 2.71. The summed E-state index contributed by atoms with van der Waals surface area (Å²) < 4.78 is 10.7. The number of aryl methyl sites for hydroxylation is 1. The first-order valence-corrected chi connectivity index (χ1v) is 8.04. The lowest BCUT2D eigenvalue weighted by atomic mass is 10.1. The molecule has 1 aliphatic rings. The maximum absolute atomic E-state index is 11.9. The summed E-state index contributed by atoms with van der Waals surface area (Å²) in [4.78, 5) is 14.0. The van der Waals surface area contributed by atoms with E-state index in [9.17, 15) is 4.79 Å². The molecule has 122 valence electrons. The first kappa shape index (κ1) is 15.8. The molecule has 1 aliphatic heterocycles. The highest BCUT2D eigenvalue weighted by molar-refractivity contribution is 6.29. The standard InChI is InChI=1S/C16H18ClN3O3/c17-14-4-5-15(19-18-14)20-9-7-13(8-10-20)23-16(21)6-3-12-2-1-11-22-12/h1-2,4-5,11,13H,3,6-10H2. The number of piperidine rings is 1. The summed E-state index contributed by atoms with van der Waals surface area (Å²) in [6.45, 7) is 1.57. The van der Waals surface area contributed by atoms with Gasteiger partial charge in [-0.1, -0.05) is 11.6 Å². The maximum atomic E-state index is 11.9. The van der Waals surface area contributed by atoms with Gasteiger partial charge in [0.25, 0.3) is 0 Å². The largest absolute Gasteiger partial charge is 0.469 e. The highest BCUT2D eigenvalue weighted by atomic mass is 35.5. The topological polar surface area (TPSA) is 68.5 Å². The zero-order chi connectivity index (χ0) is 16.1. The molecule has 0 unspecified atom stereocenters. The van der Waals surface area contributed by atoms with Crippen LogP contribution in [0.1, 0.15) is 25.0 Å². The Morgan fingerprint density at radius 1 is 1.30 bits per heavy atom. The third-order valence-corrected chi connectivity index (χ3v) is 4.04. The van der Waals surface area contributed by atoms with Crippen molar-refractivity contribution >= 4 is 23.4 Å². The van der Waals surface area contributed by atoms with Crippen LogP contribution in [0.3, 0.4) is 0 Å². The maximum Gasteiger partial charge on any atom is 0.306 e. The predicted octanol–water partition coefficient (Wildman–Crippen LogP) is 2.87. The van der Waals surface area contributed by atoms with Gasteiger partial charge in [0.15, 0.2) is 11.0 Å². The van der Waals surface area contributed by atoms with Crippen molar-refractivity contribution in [2.75, 3.05) is 18.0 Å². The third kappa shape index (κ3) is 4.45. The minimum Gasteiger partial charge on any atom is -0.469 e. The van der Waals surface area contributed by atoms with Gasteiger partial charge < -0.3 is 14.1 Å². The lowest BCUT2D eigenvalue weighted by Crippen LogP contribution is -2.38. The highest BCUT2D eigenvalue weighted by Crippen LogP contribution is 2.20. The summed E-state index contributed by atoms with van der Waals surface area (Å²) in [5.74, 6) is 1.43. The van der Waals surface area contributed by atoms with Crippen molar-refractivity contribution in [2.45, 2.75) is 31.8 Å². The molecule has 0 amide bonds. The van der Waals surface area contributed by atoms with Gasteiger partial charge in [-0.2, -0.15) is 0 Å². The average Bonchev–Trinajstić information content (AvgIpc) is 3.08. The number of ether oxygens (including phenoxy) is 1. The van der Waals surface area contributed by atoms with Crippen LogP contribution < -0.4 is 4.90 Å². The second kappa shape index (κ2) is 7.46. The Morgan fingerprint density at radius 2 is 2.13 bits per heavy atom. The van der Waals surface area contributed by atoms with Crippen LogP contribution in [-0.4, -0.2) is 35.4 Å². The van der Waals surface area contributed by atoms with Crippen LogP contribution in [0.15, 0.2) is 34.9 Å². The minimum atomic E-state index is -0.175. The van der Waals surface area contributed by atoms with Crippen LogP contribution in [0.25, 0.3) is 0 Å². The molecule has 1 fully saturated rings. The number of hydrogen-bond acceptors (Lipinski definition) is 6. The summed E-state index contributed by atoms with van der Waals surface area (Å²) in [5.41, 5.74) is 0. The molecular formula is C16H18ClN3O3. The van der Waals surface area contributed by atoms with Gasteiger partial charge in [0, 0.05) is 32.4 Å². The molecule has 7 heteroatoms. The monoisotopic (exact) mass is 335 g/mol. The van der Waals surface area contributed by atoms with Gasteiger partial charge in [-0.3, -0.25) is 4.79 Å². The summed E-state index contributed by atoms with van der Waals surface area (Å²) >= 11 is 5.74. The van der Waals surface area contributed by atoms with E-state index < -0.39 is 0 Å². The smallest absolute Gasteiger partial charge is 0.306 e. The first-order chi connectivity index (χ1) is 11.2. The van der Waals surface area contributed by atoms with Crippen molar-refractivity contribution in [2.24, 2.45) is 0 Å². The Balaban J connectivity index is 1.42. The fraction of sp³-hybridized carbons (Fsp3) is 0.438. The molecule has 2 aromatic rings. The van der Waals surface area contributed by atoms with E-state index in [2.05, 4.69) is 15.1 Å². The van der Waals surface area contributed by atoms with Gasteiger partial charge in [0.2, 0.25) is 0 Å². The van der Waals surface area contributed by atoms with Crippen molar-refractivity contribution in [3.05, 3.63) is 41.4 Å². The summed E-state index contributed by atoms with van der Waals surface area (Å²) in [6, 6.07) is 7.25. The first-order valence-electron chi connectivity index (χ1n) is 7.67. The number of hydrogen-bond donors (Lipinski definition) is 0. The van der Waals surface area contributed by atoms with Crippen LogP contribution in [0.2, 0.25) is 5.15 Å². The van der Waals surface area contributed by atoms with Gasteiger partial charge >= 0.3 is 5.97 Å². The molecule has 23 heavy (non-hydrogen) atoms. The van der Waals surface area contributed by atoms with Crippen LogP contribution in [0.5, 0.6) is 0 Å². The summed E-state index contributed by atoms with van der Waals surface area (Å²) in [5, 5.41) is 8.31. The average molecular weight is 336 g/mol. The fourth-order valence-electron chi connectivity index (χ4n) is 2.61. The zero-order valence-electron chi connectivity index (χ0n) is 12.7. The van der Waals surface area contributed by atoms with Crippen molar-refractivity contribution in [1.29, 1.82) is 0 Å². The number of furan rings is 1. The minimum absolute atomic E-state index is 0.0318. The van der Waals surface area contributed by atoms with E-state index in [0.29, 0.717) is 18.0 Å². The molecule has 0 bridgehead atoms. The van der Waals surface area contributed by atoms with Gasteiger partial charge in [0.1, 0.15) is 11.9 Å². The van der Waals surface area contributed by atoms with Crippen molar-refractivity contribution in [3.8, 4) is 0 Å². The van der Waals surface area contributed by atoms with Crippen LogP contribution in [0.4, 0.5) is 5.82 Å². The number of anilines is 1. The molecule has 0 saturated carbocycles. The predicted molar refractivity (Wildman–Crippen MR) is 85.4 cm³/mol. The van der Waals surface area contributed by atoms with E-state index in [1.54, 1.807) is 12.3 Å². The van der Waals surface area contributed by atoms with E-state index in [4.69, 9.17) is 20.8 Å². The number of esters is 1. The second-order valence-electron chi connectivity index (χ2n) is 5.47. The van der Waals surface area contributed by atoms with E-state index in [-0.39, 0.29) is 12.1 Å². The van der Waals surface area contributed by atoms with E-state index in [1.807, 2.05) is 18.2 Å². The van der Waals surface area contributed by atoms with Crippen LogP contribution >= 0.6 is 11.6 Å². The molecule has 0 atom stereocenters. The molecule has 3 heterocycles. The molecule has 0 aromatic carbocycles. The van der Waals surface area contributed by atoms with E-state index >= 15 is 0 Å². The Kier molecular flexibility index (Phi) is 5.12. The molecule has 0 aliphatic carbocycles. The van der Waals surface area contributed by atoms with Gasteiger partial charge in [-0.05, 0) is 24.3 Å². The van der Waals surface area contributed by atoms with Gasteiger partial charge in [-0.25, -0.2) is 0 Å². The van der Waals surface area contributed by atoms with Crippen molar-refractivity contribution in [3.63, 3.8) is 0 Å². The number of halogens is 1. The SMILES string of the molecule is O=C(CCc1ccco1)OC1CCN(c2ccc(Cl)nn2)CC1. The lowest BCUT2D eigenvalue weighted by molar-refractivity contribution is -0.150. The van der Waals surface area contributed by atoms with Crippen LogP contribution in [0, 0.1) is 0 Å². The third-order valence-electron chi connectivity index (χ3n) is 3.84. The van der Waals surface area contributed by atoms with Crippen LogP contribution in [-0.2, 0) is 16.0 Å². The van der Waals surface area contributed by atoms with Gasteiger partial charge in [0.05, 0.1) is 12.7 Å². The Morgan fingerprint density at radius 3 is 2.78 bits per heavy atom. The quantitative estimate of drug-likeness (QED) is 0.783. The lowest BCUT2D eigenvalue weighted by Gasteiger charge is -2.32. The molecule has 3 rings (SSSR count). The second-order valence-corrected chi connectivity index (χ2v) is 5.86. The van der Waals surface area contributed by atoms with Gasteiger partial charge in [-0.15, -0.1) is 10.2 Å². The van der Waals surface area contributed by atoms with E-state index in [0.717, 1.165) is 37.5 Å². The van der Waals surface area contributed by atoms with E-state index in [1.165, 1.54) is 0 Å². The van der Waals surface area contributed by atoms with Crippen molar-refractivity contribution < 1.29 is 13.9 Å². The number of carbonyl (C=O) groups excluding carboxylic acids is 1. The molecule has 1 saturated heterocycles. The molecule has 0 radical (unpaired) electrons. The zero-order valence-corrected chi connectivity index (χ0v) is 13.4. The number of aromatic nitrogens is 2. The molecular weight excluding hydrogens is 318 g/mol. The Hall–Kier alpha value is -2.08. The molecule has 0 N–H and O–H groups in total. The Labute approximate surface area is 139 Å². The highest BCUT2D eigenvalue weighted by Gasteiger charge is 2.23. The normalized spacial score (nSPS) is 15.6. The Bertz CT molecular complexity index is 623.